The molecule has 33 heavy (non-hydrogen) atoms. The summed E-state index contributed by atoms with van der Waals surface area (Å²) >= 11 is 0.941. The molecule has 1 amide bonds. The Kier molecular flexibility index (Phi) is 6.55. The molecule has 7 nitrogen and oxygen atoms in total. The van der Waals surface area contributed by atoms with Gasteiger partial charge in [0, 0.05) is 5.69 Å². The van der Waals surface area contributed by atoms with Gasteiger partial charge in [0.1, 0.15) is 22.0 Å². The molecular weight excluding hydrogens is 456 g/mol. The number of fused-ring (bicyclic) bond motifs is 1. The van der Waals surface area contributed by atoms with Crippen LogP contribution in [-0.4, -0.2) is 23.1 Å². The number of rotatable bonds is 7. The monoisotopic (exact) mass is 480 g/mol. The number of carbonyl (C=O) groups excluding carboxylic acids is 1. The fraction of sp³-hybridized carbons (Fsp3) is 0.208. The summed E-state index contributed by atoms with van der Waals surface area (Å²) in [5.74, 6) is -0.286. The minimum atomic E-state index is -4.08. The average molecular weight is 481 g/mol. The largest absolute Gasteiger partial charge is 0.324 e. The van der Waals surface area contributed by atoms with Gasteiger partial charge in [-0.05, 0) is 41.7 Å². The lowest BCUT2D eigenvalue weighted by atomic mass is 9.97. The highest BCUT2D eigenvalue weighted by Gasteiger charge is 2.30. The molecule has 0 bridgehead atoms. The Labute approximate surface area is 197 Å². The molecule has 0 aliphatic rings. The van der Waals surface area contributed by atoms with Crippen LogP contribution in [0.25, 0.3) is 11.0 Å². The summed E-state index contributed by atoms with van der Waals surface area (Å²) in [4.78, 5) is 13.5. The van der Waals surface area contributed by atoms with Crippen molar-refractivity contribution in [2.45, 2.75) is 37.6 Å². The second-order valence-electron chi connectivity index (χ2n) is 8.04. The van der Waals surface area contributed by atoms with Gasteiger partial charge in [0.25, 0.3) is 0 Å². The second kappa shape index (κ2) is 9.38. The molecule has 170 valence electrons. The van der Waals surface area contributed by atoms with Crippen molar-refractivity contribution in [3.63, 3.8) is 0 Å². The predicted molar refractivity (Wildman–Crippen MR) is 131 cm³/mol. The quantitative estimate of drug-likeness (QED) is 0.396. The van der Waals surface area contributed by atoms with Gasteiger partial charge in [-0.3, -0.25) is 4.79 Å². The molecule has 0 radical (unpaired) electrons. The molecule has 3 aromatic carbocycles. The van der Waals surface area contributed by atoms with Crippen LogP contribution in [0.1, 0.15) is 42.5 Å². The zero-order chi connectivity index (χ0) is 23.6. The molecule has 9 heteroatoms. The van der Waals surface area contributed by atoms with E-state index in [9.17, 15) is 13.2 Å². The third-order valence-corrected chi connectivity index (χ3v) is 7.38. The van der Waals surface area contributed by atoms with Gasteiger partial charge in [-0.2, -0.15) is 13.5 Å². The Morgan fingerprint density at radius 1 is 0.939 bits per heavy atom. The minimum absolute atomic E-state index is 0.0127. The van der Waals surface area contributed by atoms with Crippen molar-refractivity contribution < 1.29 is 13.2 Å². The number of hydrogen-bond donors (Lipinski definition) is 2. The van der Waals surface area contributed by atoms with E-state index >= 15 is 0 Å². The lowest BCUT2D eigenvalue weighted by molar-refractivity contribution is -0.117. The van der Waals surface area contributed by atoms with Crippen LogP contribution < -0.4 is 10.0 Å². The van der Waals surface area contributed by atoms with Gasteiger partial charge in [0.2, 0.25) is 15.9 Å². The van der Waals surface area contributed by atoms with Gasteiger partial charge in [-0.1, -0.05) is 68.4 Å². The SMILES string of the molecule is Cc1cccc(C(C)C)c1NC(=O)[C@H](NS(=O)(=O)c1cccc2nsnc12)c1ccccc1. The first-order chi connectivity index (χ1) is 15.8. The van der Waals surface area contributed by atoms with Crippen LogP contribution in [0.15, 0.2) is 71.6 Å². The molecule has 0 saturated carbocycles. The van der Waals surface area contributed by atoms with Gasteiger partial charge < -0.3 is 5.32 Å². The molecule has 2 N–H and O–H groups in total. The number of nitrogens with zero attached hydrogens (tertiary/aromatic N) is 2. The number of nitrogens with one attached hydrogen (secondary N) is 2. The average Bonchev–Trinajstić information content (AvgIpc) is 3.28. The van der Waals surface area contributed by atoms with Crippen LogP contribution in [0.2, 0.25) is 0 Å². The lowest BCUT2D eigenvalue weighted by Crippen LogP contribution is -2.37. The predicted octanol–water partition coefficient (Wildman–Crippen LogP) is 4.78. The van der Waals surface area contributed by atoms with E-state index in [2.05, 4.69) is 18.8 Å². The summed E-state index contributed by atoms with van der Waals surface area (Å²) in [7, 11) is -4.08. The summed E-state index contributed by atoms with van der Waals surface area (Å²) in [6, 6.07) is 18.2. The fourth-order valence-electron chi connectivity index (χ4n) is 3.67. The van der Waals surface area contributed by atoms with E-state index in [0.717, 1.165) is 22.9 Å². The van der Waals surface area contributed by atoms with Crippen molar-refractivity contribution in [1.29, 1.82) is 0 Å². The molecule has 0 aliphatic heterocycles. The maximum atomic E-state index is 13.5. The van der Waals surface area contributed by atoms with E-state index in [-0.39, 0.29) is 16.3 Å². The molecule has 0 saturated heterocycles. The number of para-hydroxylation sites is 1. The van der Waals surface area contributed by atoms with Crippen molar-refractivity contribution in [1.82, 2.24) is 13.5 Å². The van der Waals surface area contributed by atoms with Gasteiger partial charge in [-0.25, -0.2) is 8.42 Å². The number of sulfonamides is 1. The Morgan fingerprint density at radius 3 is 2.39 bits per heavy atom. The van der Waals surface area contributed by atoms with Crippen LogP contribution in [0.4, 0.5) is 5.69 Å². The number of hydrogen-bond acceptors (Lipinski definition) is 6. The number of carbonyl (C=O) groups is 1. The molecule has 4 aromatic rings. The van der Waals surface area contributed by atoms with Crippen LogP contribution in [-0.2, 0) is 14.8 Å². The summed E-state index contributed by atoms with van der Waals surface area (Å²) in [6.07, 6.45) is 0. The normalized spacial score (nSPS) is 12.7. The Bertz CT molecular complexity index is 1400. The van der Waals surface area contributed by atoms with Crippen LogP contribution >= 0.6 is 11.7 Å². The highest BCUT2D eigenvalue weighted by Crippen LogP contribution is 2.29. The molecule has 1 heterocycles. The van der Waals surface area contributed by atoms with Gasteiger partial charge in [-0.15, -0.1) is 0 Å². The topological polar surface area (TPSA) is 101 Å². The highest BCUT2D eigenvalue weighted by molar-refractivity contribution is 7.89. The van der Waals surface area contributed by atoms with E-state index < -0.39 is 22.0 Å². The van der Waals surface area contributed by atoms with E-state index in [1.54, 1.807) is 36.4 Å². The summed E-state index contributed by atoms with van der Waals surface area (Å²) in [6.45, 7) is 6.01. The molecule has 1 atom stereocenters. The zero-order valence-corrected chi connectivity index (χ0v) is 20.1. The van der Waals surface area contributed by atoms with E-state index in [1.807, 2.05) is 45.0 Å². The van der Waals surface area contributed by atoms with Gasteiger partial charge in [0.15, 0.2) is 0 Å². The van der Waals surface area contributed by atoms with Crippen molar-refractivity contribution in [2.24, 2.45) is 0 Å². The second-order valence-corrected chi connectivity index (χ2v) is 10.2. The van der Waals surface area contributed by atoms with Crippen LogP contribution in [0.5, 0.6) is 0 Å². The van der Waals surface area contributed by atoms with E-state index in [1.165, 1.54) is 6.07 Å². The maximum Gasteiger partial charge on any atom is 0.247 e. The van der Waals surface area contributed by atoms with Crippen LogP contribution in [0.3, 0.4) is 0 Å². The third-order valence-electron chi connectivity index (χ3n) is 5.38. The molecule has 1 aromatic heterocycles. The van der Waals surface area contributed by atoms with Gasteiger partial charge >= 0.3 is 0 Å². The fourth-order valence-corrected chi connectivity index (χ4v) is 5.62. The van der Waals surface area contributed by atoms with Crippen LogP contribution in [0, 0.1) is 6.92 Å². The molecule has 0 aliphatic carbocycles. The number of benzene rings is 3. The molecule has 0 unspecified atom stereocenters. The molecule has 4 rings (SSSR count). The summed E-state index contributed by atoms with van der Waals surface area (Å²) in [5.41, 5.74) is 3.89. The smallest absolute Gasteiger partial charge is 0.247 e. The van der Waals surface area contributed by atoms with Crippen molar-refractivity contribution in [3.8, 4) is 0 Å². The summed E-state index contributed by atoms with van der Waals surface area (Å²) < 4.78 is 37.6. The first-order valence-corrected chi connectivity index (χ1v) is 12.7. The Morgan fingerprint density at radius 2 is 1.67 bits per heavy atom. The number of aryl methyl sites for hydroxylation is 1. The molecular formula is C24H24N4O3S2. The highest BCUT2D eigenvalue weighted by atomic mass is 32.2. The van der Waals surface area contributed by atoms with Gasteiger partial charge in [0.05, 0.1) is 11.7 Å². The Hall–Kier alpha value is -3.14. The first kappa shape index (κ1) is 23.0. The Balaban J connectivity index is 1.73. The lowest BCUT2D eigenvalue weighted by Gasteiger charge is -2.22. The molecule has 0 fully saturated rings. The standard InChI is InChI=1S/C24H24N4O3S2/c1-15(2)18-12-7-9-16(3)21(18)25-24(29)22(17-10-5-4-6-11-17)28-33(30,31)20-14-8-13-19-23(20)27-32-26-19/h4-15,22,28H,1-3H3,(H,25,29)/t22-/m1/s1. The van der Waals surface area contributed by atoms with Crippen molar-refractivity contribution >= 4 is 44.4 Å². The third kappa shape index (κ3) is 4.80. The summed E-state index contributed by atoms with van der Waals surface area (Å²) in [5, 5.41) is 2.97. The van der Waals surface area contributed by atoms with Crippen molar-refractivity contribution in [2.75, 3.05) is 5.32 Å². The zero-order valence-electron chi connectivity index (χ0n) is 18.4. The number of amides is 1. The van der Waals surface area contributed by atoms with Crippen molar-refractivity contribution in [3.05, 3.63) is 83.4 Å². The number of aromatic nitrogens is 2. The first-order valence-electron chi connectivity index (χ1n) is 10.5. The number of anilines is 1. The van der Waals surface area contributed by atoms with E-state index in [0.29, 0.717) is 16.8 Å². The molecule has 0 spiro atoms. The maximum absolute atomic E-state index is 13.5. The minimum Gasteiger partial charge on any atom is -0.324 e. The van der Waals surface area contributed by atoms with E-state index in [4.69, 9.17) is 0 Å².